The third-order valence-corrected chi connectivity index (χ3v) is 3.29. The second kappa shape index (κ2) is 4.96. The van der Waals surface area contributed by atoms with Gasteiger partial charge in [-0.1, -0.05) is 0 Å². The van der Waals surface area contributed by atoms with E-state index >= 15 is 0 Å². The van der Waals surface area contributed by atoms with E-state index in [9.17, 15) is 4.79 Å². The molecule has 82 valence electrons. The van der Waals surface area contributed by atoms with Crippen LogP contribution in [0.3, 0.4) is 0 Å². The molecule has 6 heteroatoms. The first-order valence-electron chi connectivity index (χ1n) is 4.42. The highest BCUT2D eigenvalue weighted by Gasteiger charge is 2.10. The molecule has 0 aliphatic carbocycles. The fraction of sp³-hybridized carbons (Fsp3) is 0. The summed E-state index contributed by atoms with van der Waals surface area (Å²) in [5.41, 5.74) is 1.25. The van der Waals surface area contributed by atoms with Gasteiger partial charge in [0.15, 0.2) is 0 Å². The van der Waals surface area contributed by atoms with Crippen LogP contribution < -0.4 is 5.32 Å². The highest BCUT2D eigenvalue weighted by molar-refractivity contribution is 14.1. The molecule has 0 aliphatic rings. The summed E-state index contributed by atoms with van der Waals surface area (Å²) < 4.78 is 1.78. The summed E-state index contributed by atoms with van der Waals surface area (Å²) >= 11 is 5.51. The van der Waals surface area contributed by atoms with Crippen LogP contribution in [0.15, 0.2) is 35.1 Å². The standard InChI is InChI=1S/C10H7BrIN3O/c11-9-2-1-6(12)3-8(9)10(16)15-7-4-13-14-5-7/h1-5H,(H,13,14)(H,15,16). The second-order valence-corrected chi connectivity index (χ2v) is 5.17. The molecular weight excluding hydrogens is 385 g/mol. The largest absolute Gasteiger partial charge is 0.319 e. The van der Waals surface area contributed by atoms with Crippen LogP contribution in [0.1, 0.15) is 10.4 Å². The molecule has 1 aromatic heterocycles. The van der Waals surface area contributed by atoms with Gasteiger partial charge >= 0.3 is 0 Å². The molecule has 2 rings (SSSR count). The Morgan fingerprint density at radius 1 is 1.50 bits per heavy atom. The van der Waals surface area contributed by atoms with Gasteiger partial charge in [-0.15, -0.1) is 0 Å². The van der Waals surface area contributed by atoms with Crippen molar-refractivity contribution in [3.63, 3.8) is 0 Å². The summed E-state index contributed by atoms with van der Waals surface area (Å²) in [6.45, 7) is 0. The van der Waals surface area contributed by atoms with Crippen molar-refractivity contribution in [2.45, 2.75) is 0 Å². The zero-order valence-corrected chi connectivity index (χ0v) is 11.7. The molecule has 0 radical (unpaired) electrons. The van der Waals surface area contributed by atoms with Crippen LogP contribution in [0, 0.1) is 3.57 Å². The number of H-pyrrole nitrogens is 1. The Kier molecular flexibility index (Phi) is 3.59. The van der Waals surface area contributed by atoms with Crippen LogP contribution in [-0.4, -0.2) is 16.1 Å². The summed E-state index contributed by atoms with van der Waals surface area (Å²) in [5.74, 6) is -0.160. The number of amides is 1. The minimum Gasteiger partial charge on any atom is -0.319 e. The average Bonchev–Trinajstić information content (AvgIpc) is 2.74. The Morgan fingerprint density at radius 2 is 2.31 bits per heavy atom. The molecule has 2 N–H and O–H groups in total. The van der Waals surface area contributed by atoms with Gasteiger partial charge in [0.05, 0.1) is 17.4 Å². The zero-order chi connectivity index (χ0) is 11.5. The molecular formula is C10H7BrIN3O. The van der Waals surface area contributed by atoms with E-state index in [-0.39, 0.29) is 5.91 Å². The predicted molar refractivity (Wildman–Crippen MR) is 73.4 cm³/mol. The first-order valence-corrected chi connectivity index (χ1v) is 6.29. The van der Waals surface area contributed by atoms with Gasteiger partial charge in [0.25, 0.3) is 5.91 Å². The van der Waals surface area contributed by atoms with Gasteiger partial charge in [-0.2, -0.15) is 5.10 Å². The maximum Gasteiger partial charge on any atom is 0.256 e. The summed E-state index contributed by atoms with van der Waals surface area (Å²) in [7, 11) is 0. The second-order valence-electron chi connectivity index (χ2n) is 3.07. The normalized spacial score (nSPS) is 10.1. The number of carbonyl (C=O) groups excluding carboxylic acids is 1. The number of hydrogen-bond acceptors (Lipinski definition) is 2. The molecule has 0 saturated carbocycles. The topological polar surface area (TPSA) is 57.8 Å². The number of nitrogens with zero attached hydrogens (tertiary/aromatic N) is 1. The van der Waals surface area contributed by atoms with E-state index in [2.05, 4.69) is 54.0 Å². The van der Waals surface area contributed by atoms with Crippen molar-refractivity contribution in [3.05, 3.63) is 44.2 Å². The Hall–Kier alpha value is -0.890. The van der Waals surface area contributed by atoms with Gasteiger partial charge in [0.2, 0.25) is 0 Å². The van der Waals surface area contributed by atoms with Crippen molar-refractivity contribution in [1.82, 2.24) is 10.2 Å². The van der Waals surface area contributed by atoms with E-state index in [1.165, 1.54) is 0 Å². The number of hydrogen-bond donors (Lipinski definition) is 2. The first kappa shape index (κ1) is 11.6. The Morgan fingerprint density at radius 3 is 3.00 bits per heavy atom. The van der Waals surface area contributed by atoms with Crippen LogP contribution in [0.25, 0.3) is 0 Å². The van der Waals surface area contributed by atoms with Crippen molar-refractivity contribution in [1.29, 1.82) is 0 Å². The summed E-state index contributed by atoms with van der Waals surface area (Å²) in [6.07, 6.45) is 3.18. The van der Waals surface area contributed by atoms with E-state index in [1.807, 2.05) is 18.2 Å². The van der Waals surface area contributed by atoms with E-state index in [1.54, 1.807) is 12.4 Å². The van der Waals surface area contributed by atoms with Gasteiger partial charge in [-0.3, -0.25) is 9.89 Å². The number of aromatic amines is 1. The highest BCUT2D eigenvalue weighted by atomic mass is 127. The van der Waals surface area contributed by atoms with Crippen LogP contribution in [0.4, 0.5) is 5.69 Å². The van der Waals surface area contributed by atoms with E-state index < -0.39 is 0 Å². The Bertz CT molecular complexity index is 513. The molecule has 0 spiro atoms. The van der Waals surface area contributed by atoms with Crippen molar-refractivity contribution < 1.29 is 4.79 Å². The van der Waals surface area contributed by atoms with Crippen LogP contribution in [-0.2, 0) is 0 Å². The summed E-state index contributed by atoms with van der Waals surface area (Å²) in [5, 5.41) is 9.13. The van der Waals surface area contributed by atoms with Gasteiger partial charge in [0, 0.05) is 14.2 Å². The van der Waals surface area contributed by atoms with Crippen LogP contribution >= 0.6 is 38.5 Å². The molecule has 0 bridgehead atoms. The smallest absolute Gasteiger partial charge is 0.256 e. The number of aromatic nitrogens is 2. The van der Waals surface area contributed by atoms with Gasteiger partial charge in [-0.05, 0) is 56.7 Å². The van der Waals surface area contributed by atoms with E-state index in [4.69, 9.17) is 0 Å². The summed E-state index contributed by atoms with van der Waals surface area (Å²) in [4.78, 5) is 11.9. The molecule has 1 amide bonds. The van der Waals surface area contributed by atoms with E-state index in [0.717, 1.165) is 8.04 Å². The number of rotatable bonds is 2. The fourth-order valence-electron chi connectivity index (χ4n) is 1.19. The van der Waals surface area contributed by atoms with Crippen LogP contribution in [0.2, 0.25) is 0 Å². The quantitative estimate of drug-likeness (QED) is 0.773. The molecule has 0 unspecified atom stereocenters. The number of benzene rings is 1. The minimum absolute atomic E-state index is 0.160. The molecule has 1 aromatic carbocycles. The van der Waals surface area contributed by atoms with Crippen molar-refractivity contribution in [3.8, 4) is 0 Å². The summed E-state index contributed by atoms with van der Waals surface area (Å²) in [6, 6.07) is 5.60. The van der Waals surface area contributed by atoms with Crippen molar-refractivity contribution >= 4 is 50.1 Å². The molecule has 2 aromatic rings. The van der Waals surface area contributed by atoms with Crippen LogP contribution in [0.5, 0.6) is 0 Å². The molecule has 0 atom stereocenters. The number of halogens is 2. The first-order chi connectivity index (χ1) is 7.66. The average molecular weight is 392 g/mol. The lowest BCUT2D eigenvalue weighted by molar-refractivity contribution is 0.102. The minimum atomic E-state index is -0.160. The molecule has 0 fully saturated rings. The van der Waals surface area contributed by atoms with E-state index in [0.29, 0.717) is 11.3 Å². The molecule has 0 saturated heterocycles. The lowest BCUT2D eigenvalue weighted by atomic mass is 10.2. The van der Waals surface area contributed by atoms with Crippen molar-refractivity contribution in [2.24, 2.45) is 0 Å². The lowest BCUT2D eigenvalue weighted by Crippen LogP contribution is -2.12. The number of nitrogens with one attached hydrogen (secondary N) is 2. The van der Waals surface area contributed by atoms with Gasteiger partial charge in [-0.25, -0.2) is 0 Å². The zero-order valence-electron chi connectivity index (χ0n) is 8.00. The third kappa shape index (κ3) is 2.62. The van der Waals surface area contributed by atoms with Gasteiger partial charge < -0.3 is 5.32 Å². The number of carbonyl (C=O) groups is 1. The predicted octanol–water partition coefficient (Wildman–Crippen LogP) is 3.03. The molecule has 4 nitrogen and oxygen atoms in total. The Labute approximate surface area is 114 Å². The molecule has 0 aliphatic heterocycles. The van der Waals surface area contributed by atoms with Gasteiger partial charge in [0.1, 0.15) is 0 Å². The molecule has 1 heterocycles. The number of anilines is 1. The maximum atomic E-state index is 11.9. The highest BCUT2D eigenvalue weighted by Crippen LogP contribution is 2.20. The molecule has 16 heavy (non-hydrogen) atoms. The van der Waals surface area contributed by atoms with Crippen molar-refractivity contribution in [2.75, 3.05) is 5.32 Å². The fourth-order valence-corrected chi connectivity index (χ4v) is 2.11. The maximum absolute atomic E-state index is 11.9. The third-order valence-electron chi connectivity index (χ3n) is 1.93. The monoisotopic (exact) mass is 391 g/mol. The Balaban J connectivity index is 2.24. The SMILES string of the molecule is O=C(Nc1cn[nH]c1)c1cc(I)ccc1Br. The lowest BCUT2D eigenvalue weighted by Gasteiger charge is -2.05.